The van der Waals surface area contributed by atoms with Crippen molar-refractivity contribution >= 4 is 11.6 Å². The van der Waals surface area contributed by atoms with Crippen LogP contribution < -0.4 is 11.1 Å². The van der Waals surface area contributed by atoms with Crippen LogP contribution in [0.2, 0.25) is 0 Å². The van der Waals surface area contributed by atoms with Crippen molar-refractivity contribution in [3.63, 3.8) is 0 Å². The molecule has 1 amide bonds. The molecule has 0 aliphatic heterocycles. The zero-order valence-electron chi connectivity index (χ0n) is 8.47. The summed E-state index contributed by atoms with van der Waals surface area (Å²) in [5.41, 5.74) is 6.59. The van der Waals surface area contributed by atoms with Crippen LogP contribution in [0.1, 0.15) is 16.2 Å². The minimum Gasteiger partial charge on any atom is -0.398 e. The van der Waals surface area contributed by atoms with Crippen LogP contribution in [0.5, 0.6) is 0 Å². The van der Waals surface area contributed by atoms with Gasteiger partial charge < -0.3 is 11.1 Å². The Morgan fingerprint density at radius 3 is 2.94 bits per heavy atom. The van der Waals surface area contributed by atoms with Crippen molar-refractivity contribution < 1.29 is 4.79 Å². The summed E-state index contributed by atoms with van der Waals surface area (Å²) < 4.78 is 0. The first kappa shape index (κ1) is 10.2. The van der Waals surface area contributed by atoms with Crippen LogP contribution in [0.15, 0.2) is 30.6 Å². The molecule has 16 heavy (non-hydrogen) atoms. The summed E-state index contributed by atoms with van der Waals surface area (Å²) in [6.07, 6.45) is 1.39. The molecule has 0 unspecified atom stereocenters. The molecule has 82 valence electrons. The molecule has 6 nitrogen and oxygen atoms in total. The largest absolute Gasteiger partial charge is 0.398 e. The van der Waals surface area contributed by atoms with E-state index in [2.05, 4.69) is 20.5 Å². The van der Waals surface area contributed by atoms with Crippen LogP contribution >= 0.6 is 0 Å². The number of amides is 1. The van der Waals surface area contributed by atoms with Crippen LogP contribution in [0.25, 0.3) is 0 Å². The van der Waals surface area contributed by atoms with Crippen molar-refractivity contribution in [1.29, 1.82) is 0 Å². The lowest BCUT2D eigenvalue weighted by molar-refractivity contribution is 0.0951. The van der Waals surface area contributed by atoms with E-state index in [1.165, 1.54) is 6.33 Å². The third-order valence-corrected chi connectivity index (χ3v) is 2.09. The van der Waals surface area contributed by atoms with Crippen LogP contribution in [-0.4, -0.2) is 21.1 Å². The molecule has 4 N–H and O–H groups in total. The zero-order chi connectivity index (χ0) is 11.4. The summed E-state index contributed by atoms with van der Waals surface area (Å²) in [6, 6.07) is 6.90. The standard InChI is InChI=1S/C10H11N5O/c11-8-4-2-1-3-7(8)10(16)12-5-9-13-6-14-15-9/h1-4,6H,5,11H2,(H,12,16)(H,13,14,15). The van der Waals surface area contributed by atoms with Gasteiger partial charge in [0.05, 0.1) is 12.1 Å². The number of H-pyrrole nitrogens is 1. The molecule has 1 aromatic carbocycles. The van der Waals surface area contributed by atoms with Gasteiger partial charge in [0.25, 0.3) is 5.91 Å². The fourth-order valence-corrected chi connectivity index (χ4v) is 1.28. The van der Waals surface area contributed by atoms with Crippen molar-refractivity contribution in [2.75, 3.05) is 5.73 Å². The Bertz CT molecular complexity index is 480. The zero-order valence-corrected chi connectivity index (χ0v) is 8.47. The van der Waals surface area contributed by atoms with E-state index < -0.39 is 0 Å². The first-order valence-electron chi connectivity index (χ1n) is 4.74. The number of nitrogens with two attached hydrogens (primary N) is 1. The Labute approximate surface area is 91.9 Å². The van der Waals surface area contributed by atoms with E-state index in [0.717, 1.165) is 0 Å². The second-order valence-electron chi connectivity index (χ2n) is 3.20. The number of aromatic nitrogens is 3. The summed E-state index contributed by atoms with van der Waals surface area (Å²) in [5, 5.41) is 9.02. The molecule has 0 saturated carbocycles. The van der Waals surface area contributed by atoms with Crippen LogP contribution in [0.3, 0.4) is 0 Å². The van der Waals surface area contributed by atoms with Gasteiger partial charge >= 0.3 is 0 Å². The molecular weight excluding hydrogens is 206 g/mol. The van der Waals surface area contributed by atoms with Crippen LogP contribution in [0.4, 0.5) is 5.69 Å². The van der Waals surface area contributed by atoms with Gasteiger partial charge in [-0.1, -0.05) is 12.1 Å². The normalized spacial score (nSPS) is 10.0. The number of hydrogen-bond acceptors (Lipinski definition) is 4. The summed E-state index contributed by atoms with van der Waals surface area (Å²) in [6.45, 7) is 0.299. The van der Waals surface area contributed by atoms with Crippen molar-refractivity contribution in [2.45, 2.75) is 6.54 Å². The van der Waals surface area contributed by atoms with E-state index >= 15 is 0 Å². The van der Waals surface area contributed by atoms with Crippen molar-refractivity contribution in [3.05, 3.63) is 42.0 Å². The fourth-order valence-electron chi connectivity index (χ4n) is 1.28. The van der Waals surface area contributed by atoms with Gasteiger partial charge in [-0.3, -0.25) is 9.89 Å². The maximum Gasteiger partial charge on any atom is 0.253 e. The van der Waals surface area contributed by atoms with Gasteiger partial charge in [-0.25, -0.2) is 4.98 Å². The predicted octanol–water partition coefficient (Wildman–Crippen LogP) is 0.317. The average molecular weight is 217 g/mol. The first-order valence-corrected chi connectivity index (χ1v) is 4.74. The van der Waals surface area contributed by atoms with Gasteiger partial charge in [0.2, 0.25) is 0 Å². The van der Waals surface area contributed by atoms with E-state index in [-0.39, 0.29) is 5.91 Å². The second kappa shape index (κ2) is 4.43. The molecule has 6 heteroatoms. The number of nitrogens with zero attached hydrogens (tertiary/aromatic N) is 2. The molecule has 1 heterocycles. The molecule has 1 aromatic heterocycles. The number of rotatable bonds is 3. The molecule has 0 aliphatic rings. The highest BCUT2D eigenvalue weighted by atomic mass is 16.1. The number of hydrogen-bond donors (Lipinski definition) is 3. The number of nitrogens with one attached hydrogen (secondary N) is 2. The SMILES string of the molecule is Nc1ccccc1C(=O)NCc1ncn[nH]1. The van der Waals surface area contributed by atoms with E-state index in [9.17, 15) is 4.79 Å². The maximum atomic E-state index is 11.7. The minimum atomic E-state index is -0.227. The number of carbonyl (C=O) groups is 1. The van der Waals surface area contributed by atoms with Gasteiger partial charge in [-0.2, -0.15) is 5.10 Å². The molecule has 0 spiro atoms. The van der Waals surface area contributed by atoms with E-state index in [0.29, 0.717) is 23.6 Å². The number of aromatic amines is 1. The van der Waals surface area contributed by atoms with Gasteiger partial charge in [0, 0.05) is 5.69 Å². The Kier molecular flexibility index (Phi) is 2.81. The van der Waals surface area contributed by atoms with E-state index in [4.69, 9.17) is 5.73 Å². The van der Waals surface area contributed by atoms with E-state index in [1.807, 2.05) is 0 Å². The topological polar surface area (TPSA) is 96.7 Å². The molecular formula is C10H11N5O. The van der Waals surface area contributed by atoms with Gasteiger partial charge in [-0.15, -0.1) is 0 Å². The lowest BCUT2D eigenvalue weighted by Gasteiger charge is -2.05. The smallest absolute Gasteiger partial charge is 0.253 e. The third kappa shape index (κ3) is 2.17. The Hall–Kier alpha value is -2.37. The Balaban J connectivity index is 2.01. The van der Waals surface area contributed by atoms with Gasteiger partial charge in [0.1, 0.15) is 12.2 Å². The number of benzene rings is 1. The highest BCUT2D eigenvalue weighted by Crippen LogP contribution is 2.09. The van der Waals surface area contributed by atoms with E-state index in [1.54, 1.807) is 24.3 Å². The first-order chi connectivity index (χ1) is 7.77. The molecule has 2 rings (SSSR count). The average Bonchev–Trinajstić information content (AvgIpc) is 2.79. The van der Waals surface area contributed by atoms with Crippen molar-refractivity contribution in [2.24, 2.45) is 0 Å². The fraction of sp³-hybridized carbons (Fsp3) is 0.100. The highest BCUT2D eigenvalue weighted by Gasteiger charge is 2.08. The number of anilines is 1. The minimum absolute atomic E-state index is 0.227. The molecule has 0 bridgehead atoms. The van der Waals surface area contributed by atoms with Gasteiger partial charge in [-0.05, 0) is 12.1 Å². The van der Waals surface area contributed by atoms with Crippen LogP contribution in [-0.2, 0) is 6.54 Å². The quantitative estimate of drug-likeness (QED) is 0.645. The number of nitrogen functional groups attached to an aromatic ring is 1. The van der Waals surface area contributed by atoms with Crippen molar-refractivity contribution in [3.8, 4) is 0 Å². The predicted molar refractivity (Wildman–Crippen MR) is 58.4 cm³/mol. The molecule has 0 saturated heterocycles. The molecule has 0 radical (unpaired) electrons. The summed E-state index contributed by atoms with van der Waals surface area (Å²) in [7, 11) is 0. The Morgan fingerprint density at radius 1 is 1.44 bits per heavy atom. The third-order valence-electron chi connectivity index (χ3n) is 2.09. The lowest BCUT2D eigenvalue weighted by Crippen LogP contribution is -2.24. The molecule has 2 aromatic rings. The second-order valence-corrected chi connectivity index (χ2v) is 3.20. The number of carbonyl (C=O) groups excluding carboxylic acids is 1. The van der Waals surface area contributed by atoms with Gasteiger partial charge in [0.15, 0.2) is 0 Å². The van der Waals surface area contributed by atoms with Crippen LogP contribution in [0, 0.1) is 0 Å². The number of para-hydroxylation sites is 1. The molecule has 0 fully saturated rings. The molecule has 0 atom stereocenters. The lowest BCUT2D eigenvalue weighted by atomic mass is 10.1. The van der Waals surface area contributed by atoms with Crippen molar-refractivity contribution in [1.82, 2.24) is 20.5 Å². The summed E-state index contributed by atoms with van der Waals surface area (Å²) >= 11 is 0. The highest BCUT2D eigenvalue weighted by molar-refractivity contribution is 5.98. The summed E-state index contributed by atoms with van der Waals surface area (Å²) in [5.74, 6) is 0.373. The summed E-state index contributed by atoms with van der Waals surface area (Å²) in [4.78, 5) is 15.6. The maximum absolute atomic E-state index is 11.7. The monoisotopic (exact) mass is 217 g/mol. The molecule has 0 aliphatic carbocycles. The Morgan fingerprint density at radius 2 is 2.25 bits per heavy atom.